The SMILES string of the molecule is COC(=O)CCC/C=C\C[C@@H]1[C@@H](/C=C/[C@@H](O)C(C)(C)CC=C(C)C)[C@H](O)C[C@@H]1N=[N+]=[N-]. The van der Waals surface area contributed by atoms with E-state index >= 15 is 0 Å². The molecule has 0 unspecified atom stereocenters. The fourth-order valence-corrected chi connectivity index (χ4v) is 3.82. The number of aliphatic hydroxyl groups is 2. The first-order chi connectivity index (χ1) is 14.6. The van der Waals surface area contributed by atoms with Gasteiger partial charge in [-0.3, -0.25) is 4.79 Å². The third-order valence-corrected chi connectivity index (χ3v) is 6.02. The lowest BCUT2D eigenvalue weighted by Gasteiger charge is -2.28. The van der Waals surface area contributed by atoms with E-state index in [0.29, 0.717) is 25.7 Å². The highest BCUT2D eigenvalue weighted by Gasteiger charge is 2.40. The van der Waals surface area contributed by atoms with Crippen LogP contribution < -0.4 is 0 Å². The van der Waals surface area contributed by atoms with Crippen LogP contribution in [0.2, 0.25) is 0 Å². The molecule has 0 bridgehead atoms. The van der Waals surface area contributed by atoms with E-state index in [4.69, 9.17) is 5.53 Å². The maximum Gasteiger partial charge on any atom is 0.305 e. The van der Waals surface area contributed by atoms with Gasteiger partial charge in [0, 0.05) is 23.3 Å². The predicted molar refractivity (Wildman–Crippen MR) is 123 cm³/mol. The number of carbonyl (C=O) groups is 1. The van der Waals surface area contributed by atoms with E-state index in [1.54, 1.807) is 6.08 Å². The number of carbonyl (C=O) groups excluding carboxylic acids is 1. The minimum absolute atomic E-state index is 0.0351. The highest BCUT2D eigenvalue weighted by molar-refractivity contribution is 5.69. The maximum atomic E-state index is 11.2. The summed E-state index contributed by atoms with van der Waals surface area (Å²) in [4.78, 5) is 14.1. The van der Waals surface area contributed by atoms with E-state index in [1.165, 1.54) is 12.7 Å². The minimum Gasteiger partial charge on any atom is -0.469 e. The molecule has 0 aliphatic heterocycles. The summed E-state index contributed by atoms with van der Waals surface area (Å²) >= 11 is 0. The molecule has 31 heavy (non-hydrogen) atoms. The van der Waals surface area contributed by atoms with E-state index in [9.17, 15) is 15.0 Å². The van der Waals surface area contributed by atoms with Crippen molar-refractivity contribution in [2.24, 2.45) is 22.4 Å². The predicted octanol–water partition coefficient (Wildman–Crippen LogP) is 5.25. The van der Waals surface area contributed by atoms with Crippen molar-refractivity contribution in [2.45, 2.75) is 84.5 Å². The number of azide groups is 1. The molecule has 7 heteroatoms. The first kappa shape index (κ1) is 27.0. The highest BCUT2D eigenvalue weighted by Crippen LogP contribution is 2.39. The van der Waals surface area contributed by atoms with Gasteiger partial charge in [0.1, 0.15) is 0 Å². The Morgan fingerprint density at radius 3 is 2.68 bits per heavy atom. The zero-order chi connectivity index (χ0) is 23.4. The third-order valence-electron chi connectivity index (χ3n) is 6.02. The fraction of sp³-hybridized carbons (Fsp3) is 0.708. The number of esters is 1. The zero-order valence-electron chi connectivity index (χ0n) is 19.6. The van der Waals surface area contributed by atoms with Crippen LogP contribution >= 0.6 is 0 Å². The van der Waals surface area contributed by atoms with Crippen LogP contribution in [0.3, 0.4) is 0 Å². The Morgan fingerprint density at radius 2 is 2.06 bits per heavy atom. The Labute approximate surface area is 186 Å². The zero-order valence-corrected chi connectivity index (χ0v) is 19.6. The second-order valence-electron chi connectivity index (χ2n) is 9.30. The molecule has 7 nitrogen and oxygen atoms in total. The first-order valence-electron chi connectivity index (χ1n) is 11.1. The summed E-state index contributed by atoms with van der Waals surface area (Å²) < 4.78 is 4.63. The van der Waals surface area contributed by atoms with Crippen LogP contribution in [-0.2, 0) is 9.53 Å². The number of methoxy groups -OCH3 is 1. The van der Waals surface area contributed by atoms with Gasteiger partial charge in [-0.05, 0) is 62.8 Å². The minimum atomic E-state index is -0.650. The number of aliphatic hydroxyl groups excluding tert-OH is 2. The number of hydrogen-bond acceptors (Lipinski definition) is 5. The average molecular weight is 434 g/mol. The number of unbranched alkanes of at least 4 members (excludes halogenated alkanes) is 1. The molecule has 174 valence electrons. The third kappa shape index (κ3) is 9.30. The van der Waals surface area contributed by atoms with Gasteiger partial charge in [0.2, 0.25) is 0 Å². The van der Waals surface area contributed by atoms with Crippen LogP contribution in [0, 0.1) is 17.3 Å². The molecule has 1 aliphatic rings. The molecule has 1 rings (SSSR count). The molecule has 2 N–H and O–H groups in total. The van der Waals surface area contributed by atoms with Crippen molar-refractivity contribution in [3.63, 3.8) is 0 Å². The smallest absolute Gasteiger partial charge is 0.305 e. The summed E-state index contributed by atoms with van der Waals surface area (Å²) in [6.45, 7) is 8.11. The van der Waals surface area contributed by atoms with Crippen LogP contribution in [-0.4, -0.2) is 41.5 Å². The molecule has 0 aromatic heterocycles. The first-order valence-corrected chi connectivity index (χ1v) is 11.1. The molecule has 1 aliphatic carbocycles. The molecular weight excluding hydrogens is 394 g/mol. The Kier molecular flexibility index (Phi) is 11.6. The van der Waals surface area contributed by atoms with Crippen LogP contribution in [0.4, 0.5) is 0 Å². The Balaban J connectivity index is 2.80. The topological polar surface area (TPSA) is 116 Å². The van der Waals surface area contributed by atoms with Gasteiger partial charge in [-0.25, -0.2) is 0 Å². The Hall–Kier alpha value is -2.08. The lowest BCUT2D eigenvalue weighted by atomic mass is 9.81. The fourth-order valence-electron chi connectivity index (χ4n) is 3.82. The number of allylic oxidation sites excluding steroid dienone is 4. The second kappa shape index (κ2) is 13.4. The van der Waals surface area contributed by atoms with Gasteiger partial charge in [0.25, 0.3) is 0 Å². The van der Waals surface area contributed by atoms with Crippen molar-refractivity contribution < 1.29 is 19.7 Å². The summed E-state index contributed by atoms with van der Waals surface area (Å²) in [5.74, 6) is -0.441. The van der Waals surface area contributed by atoms with Gasteiger partial charge < -0.3 is 14.9 Å². The molecule has 0 radical (unpaired) electrons. The van der Waals surface area contributed by atoms with E-state index in [2.05, 4.69) is 20.8 Å². The monoisotopic (exact) mass is 433 g/mol. The van der Waals surface area contributed by atoms with Crippen LogP contribution in [0.5, 0.6) is 0 Å². The Morgan fingerprint density at radius 1 is 1.35 bits per heavy atom. The standard InChI is InChI=1S/C24H39N3O4/c1-17(2)14-15-24(3,4)22(29)13-12-19-18(20(26-27-25)16-21(19)28)10-8-6-7-9-11-23(30)31-5/h6,8,12-14,18-22,28-29H,7,9-11,15-16H2,1-5H3/b8-6-,13-12+/t18-,19-,20+,21-,22-/m1/s1. The lowest BCUT2D eigenvalue weighted by molar-refractivity contribution is -0.140. The Bertz CT molecular complexity index is 704. The van der Waals surface area contributed by atoms with Crippen LogP contribution in [0.1, 0.15) is 66.2 Å². The quantitative estimate of drug-likeness (QED) is 0.109. The van der Waals surface area contributed by atoms with Gasteiger partial charge in [0.05, 0.1) is 19.3 Å². The van der Waals surface area contributed by atoms with Crippen molar-refractivity contribution in [3.8, 4) is 0 Å². The molecule has 1 saturated carbocycles. The normalized spacial score (nSPS) is 24.9. The number of hydrogen-bond donors (Lipinski definition) is 2. The largest absolute Gasteiger partial charge is 0.469 e. The molecule has 0 saturated heterocycles. The van der Waals surface area contributed by atoms with Crippen molar-refractivity contribution in [1.82, 2.24) is 0 Å². The van der Waals surface area contributed by atoms with Crippen molar-refractivity contribution >= 4 is 5.97 Å². The molecule has 0 aromatic carbocycles. The maximum absolute atomic E-state index is 11.2. The number of rotatable bonds is 12. The van der Waals surface area contributed by atoms with Crippen LogP contribution in [0.25, 0.3) is 10.4 Å². The molecule has 0 amide bonds. The molecule has 0 heterocycles. The van der Waals surface area contributed by atoms with E-state index in [1.807, 2.05) is 45.9 Å². The summed E-state index contributed by atoms with van der Waals surface area (Å²) in [7, 11) is 1.38. The summed E-state index contributed by atoms with van der Waals surface area (Å²) in [6.07, 6.45) is 12.2. The van der Waals surface area contributed by atoms with E-state index in [-0.39, 0.29) is 29.3 Å². The van der Waals surface area contributed by atoms with E-state index < -0.39 is 12.2 Å². The number of ether oxygens (including phenoxy) is 1. The number of nitrogens with zero attached hydrogens (tertiary/aromatic N) is 3. The van der Waals surface area contributed by atoms with Gasteiger partial charge >= 0.3 is 5.97 Å². The summed E-state index contributed by atoms with van der Waals surface area (Å²) in [6, 6.07) is -0.287. The second-order valence-corrected chi connectivity index (χ2v) is 9.30. The summed E-state index contributed by atoms with van der Waals surface area (Å²) in [5.41, 5.74) is 9.81. The molecule has 5 atom stereocenters. The lowest BCUT2D eigenvalue weighted by Crippen LogP contribution is -2.28. The van der Waals surface area contributed by atoms with Gasteiger partial charge in [-0.15, -0.1) is 0 Å². The molecular formula is C24H39N3O4. The average Bonchev–Trinajstić information content (AvgIpc) is 3.01. The summed E-state index contributed by atoms with van der Waals surface area (Å²) in [5, 5.41) is 25.2. The van der Waals surface area contributed by atoms with Crippen molar-refractivity contribution in [2.75, 3.05) is 7.11 Å². The van der Waals surface area contributed by atoms with Crippen LogP contribution in [0.15, 0.2) is 41.1 Å². The van der Waals surface area contributed by atoms with Gasteiger partial charge in [-0.1, -0.05) is 54.9 Å². The molecule has 0 aromatic rings. The van der Waals surface area contributed by atoms with Crippen molar-refractivity contribution in [3.05, 3.63) is 46.4 Å². The van der Waals surface area contributed by atoms with Gasteiger partial charge in [-0.2, -0.15) is 0 Å². The van der Waals surface area contributed by atoms with E-state index in [0.717, 1.165) is 12.8 Å². The van der Waals surface area contributed by atoms with Gasteiger partial charge in [0.15, 0.2) is 0 Å². The highest BCUT2D eigenvalue weighted by atomic mass is 16.5. The molecule has 1 fully saturated rings. The van der Waals surface area contributed by atoms with Crippen molar-refractivity contribution in [1.29, 1.82) is 0 Å². The molecule has 0 spiro atoms.